The van der Waals surface area contributed by atoms with Gasteiger partial charge in [-0.05, 0) is 62.6 Å². The van der Waals surface area contributed by atoms with E-state index in [-0.39, 0.29) is 17.5 Å². The van der Waals surface area contributed by atoms with E-state index in [9.17, 15) is 9.59 Å². The van der Waals surface area contributed by atoms with E-state index in [1.807, 2.05) is 18.2 Å². The number of carbonyl (C=O) groups excluding carboxylic acids is 1. The van der Waals surface area contributed by atoms with E-state index < -0.39 is 0 Å². The predicted octanol–water partition coefficient (Wildman–Crippen LogP) is 3.28. The van der Waals surface area contributed by atoms with Crippen LogP contribution >= 0.6 is 0 Å². The minimum Gasteiger partial charge on any atom is -0.336 e. The van der Waals surface area contributed by atoms with Gasteiger partial charge in [0.05, 0.1) is 16.9 Å². The monoisotopic (exact) mass is 432 g/mol. The second kappa shape index (κ2) is 8.14. The second-order valence-electron chi connectivity index (χ2n) is 10.1. The molecule has 4 heterocycles. The topological polar surface area (TPSA) is 69.3 Å². The molecule has 3 aliphatic heterocycles. The number of rotatable bonds is 3. The van der Waals surface area contributed by atoms with E-state index in [1.54, 1.807) is 6.07 Å². The molecule has 6 nitrogen and oxygen atoms in total. The first-order chi connectivity index (χ1) is 15.7. The predicted molar refractivity (Wildman–Crippen MR) is 124 cm³/mol. The molecule has 1 aliphatic carbocycles. The number of nitrogens with one attached hydrogen (secondary N) is 1. The summed E-state index contributed by atoms with van der Waals surface area (Å²) in [6.07, 6.45) is 10.9. The number of nitrogens with zero attached hydrogens (tertiary/aromatic N) is 3. The van der Waals surface area contributed by atoms with Gasteiger partial charge < -0.3 is 9.88 Å². The number of aryl methyl sites for hydroxylation is 1. The van der Waals surface area contributed by atoms with Crippen LogP contribution in [0.2, 0.25) is 0 Å². The number of aromatic amines is 1. The van der Waals surface area contributed by atoms with Gasteiger partial charge in [-0.25, -0.2) is 4.98 Å². The van der Waals surface area contributed by atoms with Gasteiger partial charge in [0.15, 0.2) is 0 Å². The fourth-order valence-electron chi connectivity index (χ4n) is 6.88. The van der Waals surface area contributed by atoms with Crippen LogP contribution in [0.4, 0.5) is 0 Å². The van der Waals surface area contributed by atoms with Crippen molar-refractivity contribution >= 4 is 16.8 Å². The molecule has 6 rings (SSSR count). The molecule has 0 radical (unpaired) electrons. The van der Waals surface area contributed by atoms with Crippen LogP contribution in [0, 0.1) is 11.8 Å². The molecule has 3 saturated heterocycles. The molecule has 168 valence electrons. The number of carbonyl (C=O) groups is 1. The van der Waals surface area contributed by atoms with Crippen molar-refractivity contribution in [1.29, 1.82) is 0 Å². The van der Waals surface area contributed by atoms with Crippen LogP contribution in [-0.4, -0.2) is 57.4 Å². The summed E-state index contributed by atoms with van der Waals surface area (Å²) in [6.45, 7) is 3.22. The number of para-hydroxylation sites is 1. The molecule has 4 atom stereocenters. The van der Waals surface area contributed by atoms with Crippen molar-refractivity contribution < 1.29 is 4.79 Å². The average molecular weight is 433 g/mol. The summed E-state index contributed by atoms with van der Waals surface area (Å²) in [5.74, 6) is 2.06. The van der Waals surface area contributed by atoms with Crippen molar-refractivity contribution in [2.24, 2.45) is 11.8 Å². The van der Waals surface area contributed by atoms with Gasteiger partial charge in [0, 0.05) is 32.0 Å². The summed E-state index contributed by atoms with van der Waals surface area (Å²) < 4.78 is 0. The van der Waals surface area contributed by atoms with Crippen LogP contribution in [0.25, 0.3) is 10.9 Å². The third kappa shape index (κ3) is 3.49. The lowest BCUT2D eigenvalue weighted by atomic mass is 9.68. The van der Waals surface area contributed by atoms with E-state index in [1.165, 1.54) is 37.8 Å². The van der Waals surface area contributed by atoms with Gasteiger partial charge in [0.1, 0.15) is 5.82 Å². The zero-order valence-electron chi connectivity index (χ0n) is 18.6. The largest absolute Gasteiger partial charge is 0.336 e. The Kier molecular flexibility index (Phi) is 5.13. The molecule has 0 saturated carbocycles. The standard InChI is InChI=1S/C26H32N4O2/c31-24(11-10-23-27-21-8-2-1-7-20(21)26(32)28-23)30-13-5-6-17-14-18-15-19(25(17)30)16-29-12-4-3-9-22(18)29/h1-2,7-8,14,18-19,22,25H,3-6,9-13,15-16H2,(H,27,28,32)/t18-,19-,22-,25-/m0/s1. The number of likely N-dealkylation sites (tertiary alicyclic amines) is 1. The summed E-state index contributed by atoms with van der Waals surface area (Å²) >= 11 is 0. The van der Waals surface area contributed by atoms with Gasteiger partial charge >= 0.3 is 0 Å². The minimum absolute atomic E-state index is 0.127. The van der Waals surface area contributed by atoms with E-state index in [0.29, 0.717) is 41.4 Å². The van der Waals surface area contributed by atoms with Crippen molar-refractivity contribution in [3.05, 3.63) is 52.1 Å². The molecule has 3 fully saturated rings. The molecule has 1 aromatic heterocycles. The van der Waals surface area contributed by atoms with E-state index >= 15 is 0 Å². The quantitative estimate of drug-likeness (QED) is 0.756. The highest BCUT2D eigenvalue weighted by atomic mass is 16.2. The van der Waals surface area contributed by atoms with E-state index in [2.05, 4.69) is 25.8 Å². The Balaban J connectivity index is 1.20. The lowest BCUT2D eigenvalue weighted by Gasteiger charge is -2.54. The number of piperidine rings is 3. The van der Waals surface area contributed by atoms with E-state index in [0.717, 1.165) is 32.0 Å². The molecule has 1 N–H and O–H groups in total. The molecule has 2 bridgehead atoms. The summed E-state index contributed by atoms with van der Waals surface area (Å²) in [6, 6.07) is 8.38. The van der Waals surface area contributed by atoms with Crippen LogP contribution in [0.1, 0.15) is 50.8 Å². The molecule has 0 spiro atoms. The molecule has 0 unspecified atom stereocenters. The Morgan fingerprint density at radius 1 is 1.16 bits per heavy atom. The smallest absolute Gasteiger partial charge is 0.258 e. The highest BCUT2D eigenvalue weighted by Crippen LogP contribution is 2.45. The SMILES string of the molecule is O=C(CCc1nc2ccccc2c(=O)[nH]1)N1CCCC2=C[C@H]3C[C@@H](CN4CCCC[C@@H]34)[C@H]21. The summed E-state index contributed by atoms with van der Waals surface area (Å²) in [7, 11) is 0. The number of fused-ring (bicyclic) bond motifs is 7. The maximum absolute atomic E-state index is 13.4. The van der Waals surface area contributed by atoms with Crippen LogP contribution in [0.5, 0.6) is 0 Å². The molecule has 6 heteroatoms. The lowest BCUT2D eigenvalue weighted by molar-refractivity contribution is -0.136. The molecule has 2 aromatic rings. The third-order valence-electron chi connectivity index (χ3n) is 8.22. The maximum atomic E-state index is 13.4. The number of benzene rings is 1. The highest BCUT2D eigenvalue weighted by Gasteiger charge is 2.46. The fraction of sp³-hybridized carbons (Fsp3) is 0.577. The van der Waals surface area contributed by atoms with Gasteiger partial charge in [-0.1, -0.05) is 30.2 Å². The maximum Gasteiger partial charge on any atom is 0.258 e. The number of amides is 1. The number of aromatic nitrogens is 2. The zero-order chi connectivity index (χ0) is 21.7. The number of hydrogen-bond donors (Lipinski definition) is 1. The Bertz CT molecular complexity index is 1120. The van der Waals surface area contributed by atoms with Crippen molar-refractivity contribution in [3.63, 3.8) is 0 Å². The van der Waals surface area contributed by atoms with Gasteiger partial charge in [0.25, 0.3) is 5.56 Å². The van der Waals surface area contributed by atoms with Crippen LogP contribution in [-0.2, 0) is 11.2 Å². The zero-order valence-corrected chi connectivity index (χ0v) is 18.6. The number of H-pyrrole nitrogens is 1. The summed E-state index contributed by atoms with van der Waals surface area (Å²) in [5.41, 5.74) is 2.09. The highest BCUT2D eigenvalue weighted by molar-refractivity contribution is 5.78. The lowest BCUT2D eigenvalue weighted by Crippen LogP contribution is -2.60. The average Bonchev–Trinajstić information content (AvgIpc) is 2.82. The van der Waals surface area contributed by atoms with Crippen molar-refractivity contribution in [2.75, 3.05) is 19.6 Å². The normalized spacial score (nSPS) is 29.9. The Labute approximate surface area is 188 Å². The number of hydrogen-bond acceptors (Lipinski definition) is 4. The van der Waals surface area contributed by atoms with Crippen molar-refractivity contribution in [1.82, 2.24) is 19.8 Å². The van der Waals surface area contributed by atoms with Gasteiger partial charge in [0.2, 0.25) is 5.91 Å². The molecular formula is C26H32N4O2. The first-order valence-electron chi connectivity index (χ1n) is 12.4. The Morgan fingerprint density at radius 2 is 2.06 bits per heavy atom. The van der Waals surface area contributed by atoms with Crippen LogP contribution < -0.4 is 5.56 Å². The van der Waals surface area contributed by atoms with E-state index in [4.69, 9.17) is 0 Å². The first kappa shape index (κ1) is 20.2. The van der Waals surface area contributed by atoms with Crippen molar-refractivity contribution in [2.45, 2.75) is 63.5 Å². The fourth-order valence-corrected chi connectivity index (χ4v) is 6.88. The Hall–Kier alpha value is -2.47. The summed E-state index contributed by atoms with van der Waals surface area (Å²) in [4.78, 5) is 38.1. The van der Waals surface area contributed by atoms with Crippen LogP contribution in [0.3, 0.4) is 0 Å². The molecule has 1 amide bonds. The molecule has 32 heavy (non-hydrogen) atoms. The third-order valence-corrected chi connectivity index (χ3v) is 8.22. The first-order valence-corrected chi connectivity index (χ1v) is 12.4. The Morgan fingerprint density at radius 3 is 3.00 bits per heavy atom. The van der Waals surface area contributed by atoms with Crippen molar-refractivity contribution in [3.8, 4) is 0 Å². The molecule has 1 aromatic carbocycles. The van der Waals surface area contributed by atoms with Gasteiger partial charge in [-0.2, -0.15) is 0 Å². The molecular weight excluding hydrogens is 400 g/mol. The summed E-state index contributed by atoms with van der Waals surface area (Å²) in [5, 5.41) is 0.596. The second-order valence-corrected chi connectivity index (χ2v) is 10.1. The van der Waals surface area contributed by atoms with Gasteiger partial charge in [-0.15, -0.1) is 0 Å². The minimum atomic E-state index is -0.127. The van der Waals surface area contributed by atoms with Gasteiger partial charge in [-0.3, -0.25) is 14.5 Å². The van der Waals surface area contributed by atoms with Crippen LogP contribution in [0.15, 0.2) is 40.7 Å². The molecule has 4 aliphatic rings.